The van der Waals surface area contributed by atoms with Gasteiger partial charge in [-0.2, -0.15) is 0 Å². The number of amides is 2. The summed E-state index contributed by atoms with van der Waals surface area (Å²) in [7, 11) is 0. The largest absolute Gasteiger partial charge is 0.484 e. The molecule has 0 unspecified atom stereocenters. The van der Waals surface area contributed by atoms with Gasteiger partial charge >= 0.3 is 0 Å². The molecule has 0 spiro atoms. The Labute approximate surface area is 150 Å². The van der Waals surface area contributed by atoms with E-state index in [0.29, 0.717) is 18.8 Å². The Kier molecular flexibility index (Phi) is 6.61. The Bertz CT molecular complexity index is 733. The molecule has 128 valence electrons. The van der Waals surface area contributed by atoms with Gasteiger partial charge < -0.3 is 15.0 Å². The Morgan fingerprint density at radius 3 is 2.54 bits per heavy atom. The van der Waals surface area contributed by atoms with Crippen LogP contribution in [0.4, 0.5) is 0 Å². The zero-order valence-electron chi connectivity index (χ0n) is 13.8. The second-order valence-corrected chi connectivity index (χ2v) is 6.22. The van der Waals surface area contributed by atoms with Crippen LogP contribution in [-0.2, 0) is 9.59 Å². The molecule has 2 amide bonds. The van der Waals surface area contributed by atoms with E-state index in [-0.39, 0.29) is 25.0 Å². The van der Waals surface area contributed by atoms with Crippen LogP contribution in [0.2, 0.25) is 0 Å². The molecule has 0 bridgehead atoms. The van der Waals surface area contributed by atoms with Crippen LogP contribution < -0.4 is 10.1 Å². The van der Waals surface area contributed by atoms with Crippen LogP contribution in [0.25, 0.3) is 10.8 Å². The minimum atomic E-state index is -0.209. The third-order valence-corrected chi connectivity index (χ3v) is 4.07. The number of hydrogen-bond donors (Lipinski definition) is 1. The number of carbonyl (C=O) groups excluding carboxylic acids is 2. The third kappa shape index (κ3) is 4.96. The first-order chi connectivity index (χ1) is 11.5. The van der Waals surface area contributed by atoms with Gasteiger partial charge in [0, 0.05) is 17.6 Å². The smallest absolute Gasteiger partial charge is 0.260 e. The summed E-state index contributed by atoms with van der Waals surface area (Å²) >= 11 is 3.44. The van der Waals surface area contributed by atoms with Gasteiger partial charge in [0.1, 0.15) is 5.75 Å². The maximum absolute atomic E-state index is 12.2. The molecule has 0 radical (unpaired) electrons. The molecule has 0 saturated heterocycles. The first-order valence-electron chi connectivity index (χ1n) is 7.90. The topological polar surface area (TPSA) is 58.6 Å². The molecule has 0 aromatic heterocycles. The quantitative estimate of drug-likeness (QED) is 0.787. The number of rotatable bonds is 7. The second kappa shape index (κ2) is 8.68. The monoisotopic (exact) mass is 392 g/mol. The lowest BCUT2D eigenvalue weighted by molar-refractivity contribution is -0.137. The Balaban J connectivity index is 1.97. The molecular formula is C18H21BrN2O3. The second-order valence-electron chi connectivity index (χ2n) is 5.30. The van der Waals surface area contributed by atoms with Crippen LogP contribution in [0.1, 0.15) is 13.8 Å². The van der Waals surface area contributed by atoms with Crippen molar-refractivity contribution in [3.63, 3.8) is 0 Å². The van der Waals surface area contributed by atoms with Gasteiger partial charge in [0.15, 0.2) is 6.61 Å². The first-order valence-corrected chi connectivity index (χ1v) is 8.69. The Morgan fingerprint density at radius 2 is 1.83 bits per heavy atom. The third-order valence-electron chi connectivity index (χ3n) is 3.58. The molecule has 0 aliphatic carbocycles. The van der Waals surface area contributed by atoms with Crippen LogP contribution in [0.5, 0.6) is 5.75 Å². The fraction of sp³-hybridized carbons (Fsp3) is 0.333. The highest BCUT2D eigenvalue weighted by Gasteiger charge is 2.15. The van der Waals surface area contributed by atoms with Crippen LogP contribution in [0.15, 0.2) is 40.9 Å². The van der Waals surface area contributed by atoms with Gasteiger partial charge in [0.2, 0.25) is 5.91 Å². The van der Waals surface area contributed by atoms with E-state index in [9.17, 15) is 9.59 Å². The molecule has 0 aliphatic heterocycles. The van der Waals surface area contributed by atoms with Crippen molar-refractivity contribution in [1.29, 1.82) is 0 Å². The highest BCUT2D eigenvalue weighted by molar-refractivity contribution is 9.10. The van der Waals surface area contributed by atoms with Crippen LogP contribution in [-0.4, -0.2) is 43.0 Å². The summed E-state index contributed by atoms with van der Waals surface area (Å²) in [5, 5.41) is 4.82. The molecule has 0 saturated carbocycles. The van der Waals surface area contributed by atoms with Gasteiger partial charge in [-0.05, 0) is 48.9 Å². The average Bonchev–Trinajstić information content (AvgIpc) is 2.57. The van der Waals surface area contributed by atoms with E-state index in [4.69, 9.17) is 4.74 Å². The predicted molar refractivity (Wildman–Crippen MR) is 98.1 cm³/mol. The molecule has 5 nitrogen and oxygen atoms in total. The molecule has 1 N–H and O–H groups in total. The van der Waals surface area contributed by atoms with E-state index in [0.717, 1.165) is 15.2 Å². The number of nitrogens with one attached hydrogen (secondary N) is 1. The number of likely N-dealkylation sites (N-methyl/N-ethyl adjacent to an activating group) is 2. The summed E-state index contributed by atoms with van der Waals surface area (Å²) in [4.78, 5) is 25.3. The zero-order chi connectivity index (χ0) is 17.5. The van der Waals surface area contributed by atoms with Crippen molar-refractivity contribution in [2.24, 2.45) is 0 Å². The summed E-state index contributed by atoms with van der Waals surface area (Å²) in [5.74, 6) is 0.260. The van der Waals surface area contributed by atoms with E-state index in [1.807, 2.05) is 50.2 Å². The fourth-order valence-electron chi connectivity index (χ4n) is 2.32. The molecule has 6 heteroatoms. The Hall–Kier alpha value is -2.08. The minimum absolute atomic E-state index is 0.0538. The van der Waals surface area contributed by atoms with Gasteiger partial charge in [-0.3, -0.25) is 9.59 Å². The molecular weight excluding hydrogens is 372 g/mol. The fourth-order valence-corrected chi connectivity index (χ4v) is 2.70. The van der Waals surface area contributed by atoms with Crippen molar-refractivity contribution in [2.75, 3.05) is 26.2 Å². The average molecular weight is 393 g/mol. The maximum atomic E-state index is 12.2. The molecule has 0 aliphatic rings. The number of fused-ring (bicyclic) bond motifs is 1. The van der Waals surface area contributed by atoms with Gasteiger partial charge in [-0.15, -0.1) is 0 Å². The van der Waals surface area contributed by atoms with E-state index >= 15 is 0 Å². The molecule has 0 heterocycles. The van der Waals surface area contributed by atoms with E-state index in [1.165, 1.54) is 4.90 Å². The van der Waals surface area contributed by atoms with Gasteiger partial charge in [-0.25, -0.2) is 0 Å². The number of carbonyl (C=O) groups is 2. The summed E-state index contributed by atoms with van der Waals surface area (Å²) < 4.78 is 6.61. The van der Waals surface area contributed by atoms with E-state index in [1.54, 1.807) is 0 Å². The molecule has 2 rings (SSSR count). The summed E-state index contributed by atoms with van der Waals surface area (Å²) in [5.41, 5.74) is 0. The van der Waals surface area contributed by atoms with Crippen LogP contribution in [0.3, 0.4) is 0 Å². The lowest BCUT2D eigenvalue weighted by Gasteiger charge is -2.20. The highest BCUT2D eigenvalue weighted by atomic mass is 79.9. The zero-order valence-corrected chi connectivity index (χ0v) is 15.4. The summed E-state index contributed by atoms with van der Waals surface area (Å²) in [6, 6.07) is 11.7. The van der Waals surface area contributed by atoms with E-state index in [2.05, 4.69) is 21.2 Å². The van der Waals surface area contributed by atoms with Crippen molar-refractivity contribution in [3.05, 3.63) is 40.9 Å². The summed E-state index contributed by atoms with van der Waals surface area (Å²) in [6.07, 6.45) is 0. The highest BCUT2D eigenvalue weighted by Crippen LogP contribution is 2.24. The number of halogens is 1. The predicted octanol–water partition coefficient (Wildman–Crippen LogP) is 2.97. The molecule has 24 heavy (non-hydrogen) atoms. The number of nitrogens with zero attached hydrogens (tertiary/aromatic N) is 1. The number of hydrogen-bond acceptors (Lipinski definition) is 3. The summed E-state index contributed by atoms with van der Waals surface area (Å²) in [6.45, 7) is 4.66. The van der Waals surface area contributed by atoms with Gasteiger partial charge in [0.05, 0.1) is 6.54 Å². The van der Waals surface area contributed by atoms with Crippen molar-refractivity contribution >= 4 is 38.5 Å². The normalized spacial score (nSPS) is 10.5. The molecule has 0 atom stereocenters. The van der Waals surface area contributed by atoms with Crippen molar-refractivity contribution in [2.45, 2.75) is 13.8 Å². The van der Waals surface area contributed by atoms with Crippen LogP contribution >= 0.6 is 15.9 Å². The lowest BCUT2D eigenvalue weighted by atomic mass is 10.1. The number of benzene rings is 2. The molecule has 2 aromatic carbocycles. The molecule has 2 aromatic rings. The standard InChI is InChI=1S/C18H21BrN2O3/c1-3-20-17(22)11-21(4-2)18(23)12-24-16-8-6-13-9-15(19)7-5-14(13)10-16/h5-10H,3-4,11-12H2,1-2H3,(H,20,22). The Morgan fingerprint density at radius 1 is 1.12 bits per heavy atom. The van der Waals surface area contributed by atoms with Crippen molar-refractivity contribution < 1.29 is 14.3 Å². The van der Waals surface area contributed by atoms with E-state index < -0.39 is 0 Å². The van der Waals surface area contributed by atoms with Gasteiger partial charge in [0.25, 0.3) is 5.91 Å². The molecule has 0 fully saturated rings. The minimum Gasteiger partial charge on any atom is -0.484 e. The van der Waals surface area contributed by atoms with Gasteiger partial charge in [-0.1, -0.05) is 28.1 Å². The SMILES string of the molecule is CCNC(=O)CN(CC)C(=O)COc1ccc2cc(Br)ccc2c1. The van der Waals surface area contributed by atoms with Crippen molar-refractivity contribution in [3.8, 4) is 5.75 Å². The number of ether oxygens (including phenoxy) is 1. The maximum Gasteiger partial charge on any atom is 0.260 e. The first kappa shape index (κ1) is 18.3. The van der Waals surface area contributed by atoms with Crippen molar-refractivity contribution in [1.82, 2.24) is 10.2 Å². The lowest BCUT2D eigenvalue weighted by Crippen LogP contribution is -2.42. The van der Waals surface area contributed by atoms with Crippen LogP contribution in [0, 0.1) is 0 Å².